The van der Waals surface area contributed by atoms with Crippen LogP contribution in [0.5, 0.6) is 0 Å². The van der Waals surface area contributed by atoms with Gasteiger partial charge in [0.15, 0.2) is 0 Å². The van der Waals surface area contributed by atoms with Gasteiger partial charge in [-0.2, -0.15) is 0 Å². The maximum Gasteiger partial charge on any atom is 0.337 e. The van der Waals surface area contributed by atoms with Crippen molar-refractivity contribution < 1.29 is 14.6 Å². The van der Waals surface area contributed by atoms with Crippen LogP contribution in [0.25, 0.3) is 0 Å². The molecule has 3 heteroatoms. The molecule has 0 aliphatic rings. The Morgan fingerprint density at radius 3 is 2.19 bits per heavy atom. The Hall–Kier alpha value is -1.35. The minimum Gasteiger partial charge on any atom is -0.465 e. The smallest absolute Gasteiger partial charge is 0.337 e. The number of carbonyl (C=O) groups excluding carboxylic acids is 1. The van der Waals surface area contributed by atoms with Crippen LogP contribution in [-0.2, 0) is 10.3 Å². The number of esters is 1. The predicted octanol–water partition coefficient (Wildman–Crippen LogP) is 2.34. The fourth-order valence-corrected chi connectivity index (χ4v) is 1.39. The van der Waals surface area contributed by atoms with Gasteiger partial charge in [-0.3, -0.25) is 0 Å². The normalized spacial score (nSPS) is 14.6. The van der Waals surface area contributed by atoms with Gasteiger partial charge in [-0.1, -0.05) is 26.0 Å². The van der Waals surface area contributed by atoms with Crippen molar-refractivity contribution in [3.63, 3.8) is 0 Å². The third kappa shape index (κ3) is 2.42. The molecule has 0 aliphatic heterocycles. The topological polar surface area (TPSA) is 46.5 Å². The van der Waals surface area contributed by atoms with E-state index in [1.165, 1.54) is 7.11 Å². The van der Waals surface area contributed by atoms with E-state index in [0.29, 0.717) is 5.56 Å². The van der Waals surface area contributed by atoms with Crippen LogP contribution in [-0.4, -0.2) is 18.2 Å². The monoisotopic (exact) mass is 222 g/mol. The zero-order valence-electron chi connectivity index (χ0n) is 10.2. The zero-order valence-corrected chi connectivity index (χ0v) is 10.2. The molecule has 0 radical (unpaired) electrons. The molecule has 0 aromatic heterocycles. The van der Waals surface area contributed by atoms with Gasteiger partial charge in [0, 0.05) is 0 Å². The van der Waals surface area contributed by atoms with Gasteiger partial charge in [-0.05, 0) is 30.5 Å². The van der Waals surface area contributed by atoms with Crippen LogP contribution in [0.2, 0.25) is 0 Å². The zero-order chi connectivity index (χ0) is 12.3. The summed E-state index contributed by atoms with van der Waals surface area (Å²) < 4.78 is 4.61. The van der Waals surface area contributed by atoms with Crippen molar-refractivity contribution in [1.29, 1.82) is 0 Å². The maximum absolute atomic E-state index is 11.2. The molecule has 1 unspecified atom stereocenters. The lowest BCUT2D eigenvalue weighted by Crippen LogP contribution is -2.27. The summed E-state index contributed by atoms with van der Waals surface area (Å²) in [5, 5.41) is 10.2. The van der Waals surface area contributed by atoms with E-state index in [1.807, 2.05) is 13.8 Å². The molecular formula is C13H18O3. The summed E-state index contributed by atoms with van der Waals surface area (Å²) in [7, 11) is 1.35. The number of rotatable bonds is 3. The molecule has 0 fully saturated rings. The predicted molar refractivity (Wildman–Crippen MR) is 62.2 cm³/mol. The number of benzene rings is 1. The van der Waals surface area contributed by atoms with E-state index < -0.39 is 5.60 Å². The van der Waals surface area contributed by atoms with Crippen molar-refractivity contribution in [3.05, 3.63) is 35.4 Å². The van der Waals surface area contributed by atoms with Gasteiger partial charge in [0.2, 0.25) is 0 Å². The minimum atomic E-state index is -0.880. The molecule has 88 valence electrons. The molecule has 0 bridgehead atoms. The molecule has 0 spiro atoms. The number of carbonyl (C=O) groups is 1. The summed E-state index contributed by atoms with van der Waals surface area (Å²) in [6.07, 6.45) is 0. The molecule has 0 saturated heterocycles. The van der Waals surface area contributed by atoms with E-state index in [4.69, 9.17) is 0 Å². The number of methoxy groups -OCH3 is 1. The van der Waals surface area contributed by atoms with Crippen molar-refractivity contribution in [2.45, 2.75) is 26.4 Å². The lowest BCUT2D eigenvalue weighted by molar-refractivity contribution is 0.00899. The second-order valence-corrected chi connectivity index (χ2v) is 4.37. The number of aliphatic hydroxyl groups is 1. The molecule has 1 atom stereocenters. The summed E-state index contributed by atoms with van der Waals surface area (Å²) in [6.45, 7) is 5.67. The Bertz CT molecular complexity index is 363. The Morgan fingerprint density at radius 1 is 1.31 bits per heavy atom. The van der Waals surface area contributed by atoms with Gasteiger partial charge in [-0.25, -0.2) is 4.79 Å². The fraction of sp³-hybridized carbons (Fsp3) is 0.462. The number of ether oxygens (including phenoxy) is 1. The standard InChI is InChI=1S/C13H18O3/c1-9(2)13(3,15)11-7-5-10(6-8-11)12(14)16-4/h5-9,15H,1-4H3. The number of hydrogen-bond acceptors (Lipinski definition) is 3. The highest BCUT2D eigenvalue weighted by atomic mass is 16.5. The van der Waals surface area contributed by atoms with Crippen molar-refractivity contribution in [3.8, 4) is 0 Å². The largest absolute Gasteiger partial charge is 0.465 e. The summed E-state index contributed by atoms with van der Waals surface area (Å²) in [5.41, 5.74) is 0.412. The third-order valence-corrected chi connectivity index (χ3v) is 3.01. The first kappa shape index (κ1) is 12.7. The van der Waals surface area contributed by atoms with Crippen LogP contribution in [0.15, 0.2) is 24.3 Å². The van der Waals surface area contributed by atoms with E-state index in [2.05, 4.69) is 4.74 Å². The van der Waals surface area contributed by atoms with Gasteiger partial charge in [0.25, 0.3) is 0 Å². The molecule has 3 nitrogen and oxygen atoms in total. The minimum absolute atomic E-state index is 0.108. The van der Waals surface area contributed by atoms with Crippen molar-refractivity contribution in [2.75, 3.05) is 7.11 Å². The SMILES string of the molecule is COC(=O)c1ccc(C(C)(O)C(C)C)cc1. The molecule has 0 heterocycles. The lowest BCUT2D eigenvalue weighted by atomic mass is 9.85. The van der Waals surface area contributed by atoms with Gasteiger partial charge < -0.3 is 9.84 Å². The Kier molecular flexibility index (Phi) is 3.70. The van der Waals surface area contributed by atoms with Crippen molar-refractivity contribution in [1.82, 2.24) is 0 Å². The van der Waals surface area contributed by atoms with Gasteiger partial charge >= 0.3 is 5.97 Å². The molecule has 0 saturated carbocycles. The van der Waals surface area contributed by atoms with E-state index in [9.17, 15) is 9.90 Å². The van der Waals surface area contributed by atoms with Crippen LogP contribution >= 0.6 is 0 Å². The second kappa shape index (κ2) is 4.66. The average molecular weight is 222 g/mol. The first-order valence-corrected chi connectivity index (χ1v) is 5.30. The Balaban J connectivity index is 2.99. The summed E-state index contributed by atoms with van der Waals surface area (Å²) >= 11 is 0. The van der Waals surface area contributed by atoms with Gasteiger partial charge in [0.1, 0.15) is 0 Å². The van der Waals surface area contributed by atoms with E-state index >= 15 is 0 Å². The van der Waals surface area contributed by atoms with Gasteiger partial charge in [-0.15, -0.1) is 0 Å². The van der Waals surface area contributed by atoms with E-state index in [-0.39, 0.29) is 11.9 Å². The van der Waals surface area contributed by atoms with E-state index in [1.54, 1.807) is 31.2 Å². The Morgan fingerprint density at radius 2 is 1.81 bits per heavy atom. The summed E-state index contributed by atoms with van der Waals surface area (Å²) in [4.78, 5) is 11.2. The molecule has 16 heavy (non-hydrogen) atoms. The highest BCUT2D eigenvalue weighted by Crippen LogP contribution is 2.28. The van der Waals surface area contributed by atoms with Crippen molar-refractivity contribution in [2.24, 2.45) is 5.92 Å². The molecule has 1 rings (SSSR count). The molecular weight excluding hydrogens is 204 g/mol. The van der Waals surface area contributed by atoms with Crippen molar-refractivity contribution >= 4 is 5.97 Å². The third-order valence-electron chi connectivity index (χ3n) is 3.01. The molecule has 1 N–H and O–H groups in total. The summed E-state index contributed by atoms with van der Waals surface area (Å²) in [5.74, 6) is -0.257. The quantitative estimate of drug-likeness (QED) is 0.798. The average Bonchev–Trinajstić information content (AvgIpc) is 2.28. The highest BCUT2D eigenvalue weighted by Gasteiger charge is 2.27. The van der Waals surface area contributed by atoms with Crippen LogP contribution < -0.4 is 0 Å². The van der Waals surface area contributed by atoms with Gasteiger partial charge in [0.05, 0.1) is 18.3 Å². The first-order chi connectivity index (χ1) is 7.39. The second-order valence-electron chi connectivity index (χ2n) is 4.37. The lowest BCUT2D eigenvalue weighted by Gasteiger charge is -2.28. The Labute approximate surface area is 96.1 Å². The van der Waals surface area contributed by atoms with Crippen LogP contribution in [0.4, 0.5) is 0 Å². The van der Waals surface area contributed by atoms with Crippen LogP contribution in [0.3, 0.4) is 0 Å². The maximum atomic E-state index is 11.2. The summed E-state index contributed by atoms with van der Waals surface area (Å²) in [6, 6.07) is 6.84. The number of hydrogen-bond donors (Lipinski definition) is 1. The molecule has 0 aliphatic carbocycles. The highest BCUT2D eigenvalue weighted by molar-refractivity contribution is 5.89. The van der Waals surface area contributed by atoms with E-state index in [0.717, 1.165) is 5.56 Å². The van der Waals surface area contributed by atoms with Crippen LogP contribution in [0.1, 0.15) is 36.7 Å². The molecule has 1 aromatic rings. The van der Waals surface area contributed by atoms with Crippen LogP contribution in [0, 0.1) is 5.92 Å². The molecule has 0 amide bonds. The fourth-order valence-electron chi connectivity index (χ4n) is 1.39. The first-order valence-electron chi connectivity index (χ1n) is 5.30. The molecule has 1 aromatic carbocycles.